The second-order valence-electron chi connectivity index (χ2n) is 5.92. The first kappa shape index (κ1) is 21.2. The number of para-hydroxylation sites is 1. The molecule has 0 heterocycles. The Labute approximate surface area is 182 Å². The quantitative estimate of drug-likeness (QED) is 0.494. The molecule has 3 aromatic carbocycles. The second kappa shape index (κ2) is 8.86. The fourth-order valence-corrected chi connectivity index (χ4v) is 4.32. The van der Waals surface area contributed by atoms with Crippen LogP contribution in [0.3, 0.4) is 0 Å². The van der Waals surface area contributed by atoms with Gasteiger partial charge in [0.25, 0.3) is 15.9 Å². The Hall–Kier alpha value is -2.55. The van der Waals surface area contributed by atoms with Gasteiger partial charge in [-0.2, -0.15) is 0 Å². The van der Waals surface area contributed by atoms with E-state index < -0.39 is 15.9 Å². The fraction of sp³-hybridized carbons (Fsp3) is 0.0500. The Morgan fingerprint density at radius 3 is 2.48 bits per heavy atom. The van der Waals surface area contributed by atoms with Gasteiger partial charge in [-0.3, -0.25) is 9.52 Å². The summed E-state index contributed by atoms with van der Waals surface area (Å²) in [6.07, 6.45) is 0. The van der Waals surface area contributed by atoms with Crippen molar-refractivity contribution >= 4 is 54.8 Å². The lowest BCUT2D eigenvalue weighted by Crippen LogP contribution is -2.16. The molecule has 0 aliphatic carbocycles. The first-order chi connectivity index (χ1) is 13.8. The van der Waals surface area contributed by atoms with E-state index in [1.54, 1.807) is 42.5 Å². The Balaban J connectivity index is 1.83. The topological polar surface area (TPSA) is 84.5 Å². The molecule has 0 aliphatic heterocycles. The molecule has 0 aromatic heterocycles. The molecular formula is C20H16BrClN2O4S. The third-order valence-electron chi connectivity index (χ3n) is 3.93. The maximum Gasteiger partial charge on any atom is 0.261 e. The minimum atomic E-state index is -3.90. The van der Waals surface area contributed by atoms with Gasteiger partial charge in [0.1, 0.15) is 5.75 Å². The fourth-order valence-electron chi connectivity index (χ4n) is 2.51. The van der Waals surface area contributed by atoms with Gasteiger partial charge in [-0.15, -0.1) is 0 Å². The van der Waals surface area contributed by atoms with E-state index in [2.05, 4.69) is 26.0 Å². The lowest BCUT2D eigenvalue weighted by atomic mass is 10.2. The highest BCUT2D eigenvalue weighted by Crippen LogP contribution is 2.29. The number of sulfonamides is 1. The molecule has 9 heteroatoms. The van der Waals surface area contributed by atoms with E-state index in [4.69, 9.17) is 16.3 Å². The monoisotopic (exact) mass is 494 g/mol. The minimum Gasteiger partial charge on any atom is -0.496 e. The number of carbonyl (C=O) groups is 1. The number of nitrogens with one attached hydrogen (secondary N) is 2. The van der Waals surface area contributed by atoms with Gasteiger partial charge in [0.15, 0.2) is 0 Å². The van der Waals surface area contributed by atoms with Crippen LogP contribution in [0.1, 0.15) is 10.4 Å². The number of halogens is 2. The van der Waals surface area contributed by atoms with E-state index in [0.717, 1.165) is 0 Å². The summed E-state index contributed by atoms with van der Waals surface area (Å²) in [7, 11) is -2.39. The van der Waals surface area contributed by atoms with Crippen molar-refractivity contribution in [2.45, 2.75) is 4.90 Å². The lowest BCUT2D eigenvalue weighted by molar-refractivity contribution is 0.102. The maximum absolute atomic E-state index is 12.7. The average molecular weight is 496 g/mol. The zero-order valence-corrected chi connectivity index (χ0v) is 18.3. The van der Waals surface area contributed by atoms with Crippen molar-refractivity contribution in [2.24, 2.45) is 0 Å². The van der Waals surface area contributed by atoms with Crippen molar-refractivity contribution in [2.75, 3.05) is 17.1 Å². The van der Waals surface area contributed by atoms with Crippen LogP contribution in [-0.4, -0.2) is 21.4 Å². The van der Waals surface area contributed by atoms with Crippen LogP contribution in [0.4, 0.5) is 11.4 Å². The molecule has 0 spiro atoms. The van der Waals surface area contributed by atoms with Gasteiger partial charge >= 0.3 is 0 Å². The maximum atomic E-state index is 12.7. The Morgan fingerprint density at radius 1 is 1.03 bits per heavy atom. The first-order valence-corrected chi connectivity index (χ1v) is 11.0. The van der Waals surface area contributed by atoms with Crippen LogP contribution < -0.4 is 14.8 Å². The smallest absolute Gasteiger partial charge is 0.261 e. The zero-order chi connectivity index (χ0) is 21.0. The van der Waals surface area contributed by atoms with Crippen LogP contribution >= 0.6 is 27.5 Å². The molecule has 150 valence electrons. The molecule has 3 rings (SSSR count). The Kier molecular flexibility index (Phi) is 6.46. The first-order valence-electron chi connectivity index (χ1n) is 8.32. The molecule has 0 bridgehead atoms. The molecule has 0 saturated heterocycles. The predicted molar refractivity (Wildman–Crippen MR) is 117 cm³/mol. The van der Waals surface area contributed by atoms with Crippen molar-refractivity contribution in [1.29, 1.82) is 0 Å². The second-order valence-corrected chi connectivity index (χ2v) is 8.86. The number of benzene rings is 3. The number of anilines is 2. The number of methoxy groups -OCH3 is 1. The minimum absolute atomic E-state index is 0.0451. The van der Waals surface area contributed by atoms with E-state index in [9.17, 15) is 13.2 Å². The molecule has 29 heavy (non-hydrogen) atoms. The van der Waals surface area contributed by atoms with Crippen molar-refractivity contribution in [1.82, 2.24) is 0 Å². The van der Waals surface area contributed by atoms with Crippen molar-refractivity contribution in [3.63, 3.8) is 0 Å². The molecular weight excluding hydrogens is 480 g/mol. The summed E-state index contributed by atoms with van der Waals surface area (Å²) in [5, 5.41) is 3.05. The molecule has 1 amide bonds. The summed E-state index contributed by atoms with van der Waals surface area (Å²) in [4.78, 5) is 12.5. The largest absolute Gasteiger partial charge is 0.496 e. The highest BCUT2D eigenvalue weighted by Gasteiger charge is 2.17. The van der Waals surface area contributed by atoms with E-state index in [1.807, 2.05) is 0 Å². The third-order valence-corrected chi connectivity index (χ3v) is 6.26. The normalized spacial score (nSPS) is 11.0. The summed E-state index contributed by atoms with van der Waals surface area (Å²) < 4.78 is 33.7. The highest BCUT2D eigenvalue weighted by atomic mass is 79.9. The van der Waals surface area contributed by atoms with E-state index >= 15 is 0 Å². The summed E-state index contributed by atoms with van der Waals surface area (Å²) in [5.41, 5.74) is 0.973. The van der Waals surface area contributed by atoms with E-state index in [0.29, 0.717) is 26.6 Å². The van der Waals surface area contributed by atoms with Gasteiger partial charge in [-0.1, -0.05) is 29.8 Å². The molecule has 2 N–H and O–H groups in total. The van der Waals surface area contributed by atoms with Crippen molar-refractivity contribution in [3.05, 3.63) is 81.8 Å². The number of amides is 1. The highest BCUT2D eigenvalue weighted by molar-refractivity contribution is 9.10. The van der Waals surface area contributed by atoms with E-state index in [1.165, 1.54) is 31.4 Å². The SMILES string of the molecule is COc1ccc(NS(=O)(=O)c2cccc(C(=O)Nc3ccccc3Cl)c2)cc1Br. The molecule has 0 atom stereocenters. The van der Waals surface area contributed by atoms with Gasteiger partial charge in [-0.05, 0) is 64.5 Å². The molecule has 6 nitrogen and oxygen atoms in total. The molecule has 0 aliphatic rings. The van der Waals surface area contributed by atoms with Crippen LogP contribution in [0.25, 0.3) is 0 Å². The number of hydrogen-bond donors (Lipinski definition) is 2. The molecule has 0 radical (unpaired) electrons. The van der Waals surface area contributed by atoms with E-state index in [-0.39, 0.29) is 10.5 Å². The van der Waals surface area contributed by atoms with Crippen molar-refractivity contribution < 1.29 is 17.9 Å². The van der Waals surface area contributed by atoms with Gasteiger partial charge in [0, 0.05) is 5.56 Å². The Bertz CT molecular complexity index is 1170. The molecule has 0 unspecified atom stereocenters. The van der Waals surface area contributed by atoms with Crippen molar-refractivity contribution in [3.8, 4) is 5.75 Å². The van der Waals surface area contributed by atoms with Gasteiger partial charge in [-0.25, -0.2) is 8.42 Å². The summed E-state index contributed by atoms with van der Waals surface area (Å²) in [6.45, 7) is 0. The third kappa shape index (κ3) is 5.09. The number of carbonyl (C=O) groups excluding carboxylic acids is 1. The number of hydrogen-bond acceptors (Lipinski definition) is 4. The zero-order valence-electron chi connectivity index (χ0n) is 15.1. The van der Waals surface area contributed by atoms with Crippen LogP contribution in [-0.2, 0) is 10.0 Å². The van der Waals surface area contributed by atoms with Gasteiger partial charge < -0.3 is 10.1 Å². The predicted octanol–water partition coefficient (Wildman–Crippen LogP) is 5.16. The Morgan fingerprint density at radius 2 is 1.79 bits per heavy atom. The van der Waals surface area contributed by atoms with Crippen LogP contribution in [0, 0.1) is 0 Å². The summed E-state index contributed by atoms with van der Waals surface area (Å²) >= 11 is 9.37. The summed E-state index contributed by atoms with van der Waals surface area (Å²) in [5.74, 6) is 0.105. The van der Waals surface area contributed by atoms with Crippen LogP contribution in [0.2, 0.25) is 5.02 Å². The molecule has 0 saturated carbocycles. The average Bonchev–Trinajstić information content (AvgIpc) is 2.69. The van der Waals surface area contributed by atoms with Gasteiger partial charge in [0.2, 0.25) is 0 Å². The molecule has 0 fully saturated rings. The van der Waals surface area contributed by atoms with Gasteiger partial charge in [0.05, 0.1) is 32.9 Å². The molecule has 3 aromatic rings. The lowest BCUT2D eigenvalue weighted by Gasteiger charge is -2.11. The standard InChI is InChI=1S/C20H16BrClN2O4S/c1-28-19-10-9-14(12-16(19)21)24-29(26,27)15-6-4-5-13(11-15)20(25)23-18-8-3-2-7-17(18)22/h2-12,24H,1H3,(H,23,25). The van der Waals surface area contributed by atoms with Crippen LogP contribution in [0.5, 0.6) is 5.75 Å². The summed E-state index contributed by atoms with van der Waals surface area (Å²) in [6, 6.07) is 17.3. The number of ether oxygens (including phenoxy) is 1. The van der Waals surface area contributed by atoms with Crippen LogP contribution in [0.15, 0.2) is 76.1 Å². The number of rotatable bonds is 6.